The minimum Gasteiger partial charge on any atom is -0.384 e. The molecule has 0 saturated heterocycles. The highest BCUT2D eigenvalue weighted by molar-refractivity contribution is 5.48. The second-order valence-corrected chi connectivity index (χ2v) is 5.39. The van der Waals surface area contributed by atoms with Crippen molar-refractivity contribution in [2.24, 2.45) is 0 Å². The second-order valence-electron chi connectivity index (χ2n) is 5.39. The monoisotopic (exact) mass is 258 g/mol. The lowest BCUT2D eigenvalue weighted by molar-refractivity contribution is 0.560. The average molecular weight is 258 g/mol. The van der Waals surface area contributed by atoms with Crippen LogP contribution in [0, 0.1) is 17.1 Å². The van der Waals surface area contributed by atoms with Gasteiger partial charge in [0, 0.05) is 11.5 Å². The van der Waals surface area contributed by atoms with Gasteiger partial charge in [0.05, 0.1) is 16.9 Å². The topological polar surface area (TPSA) is 67.6 Å². The SMILES string of the molecule is CC(C)(C)c1cc(N)n(-c2ccc(F)c(C#N)c2)n1. The molecule has 0 aliphatic heterocycles. The van der Waals surface area contributed by atoms with E-state index in [2.05, 4.69) is 5.10 Å². The van der Waals surface area contributed by atoms with Gasteiger partial charge in [-0.15, -0.1) is 0 Å². The Labute approximate surface area is 111 Å². The summed E-state index contributed by atoms with van der Waals surface area (Å²) < 4.78 is 14.8. The zero-order valence-electron chi connectivity index (χ0n) is 11.1. The normalized spacial score (nSPS) is 11.3. The summed E-state index contributed by atoms with van der Waals surface area (Å²) in [6.07, 6.45) is 0. The lowest BCUT2D eigenvalue weighted by Gasteiger charge is -2.14. The van der Waals surface area contributed by atoms with Crippen molar-refractivity contribution in [1.29, 1.82) is 5.26 Å². The summed E-state index contributed by atoms with van der Waals surface area (Å²) in [6, 6.07) is 7.82. The van der Waals surface area contributed by atoms with Crippen molar-refractivity contribution in [1.82, 2.24) is 9.78 Å². The highest BCUT2D eigenvalue weighted by Crippen LogP contribution is 2.25. The van der Waals surface area contributed by atoms with Crippen LogP contribution in [0.3, 0.4) is 0 Å². The van der Waals surface area contributed by atoms with Crippen molar-refractivity contribution >= 4 is 5.82 Å². The molecule has 0 spiro atoms. The van der Waals surface area contributed by atoms with E-state index in [0.29, 0.717) is 11.5 Å². The van der Waals surface area contributed by atoms with Gasteiger partial charge >= 0.3 is 0 Å². The predicted octanol–water partition coefficient (Wildman–Crippen LogP) is 2.76. The van der Waals surface area contributed by atoms with Gasteiger partial charge in [0.25, 0.3) is 0 Å². The molecule has 0 unspecified atom stereocenters. The van der Waals surface area contributed by atoms with Crippen LogP contribution in [-0.4, -0.2) is 9.78 Å². The Morgan fingerprint density at radius 1 is 1.32 bits per heavy atom. The molecule has 0 radical (unpaired) electrons. The van der Waals surface area contributed by atoms with Crippen molar-refractivity contribution in [2.75, 3.05) is 5.73 Å². The largest absolute Gasteiger partial charge is 0.384 e. The number of hydrogen-bond acceptors (Lipinski definition) is 3. The maximum atomic E-state index is 13.3. The van der Waals surface area contributed by atoms with Gasteiger partial charge in [0.1, 0.15) is 17.7 Å². The van der Waals surface area contributed by atoms with Gasteiger partial charge in [-0.2, -0.15) is 10.4 Å². The zero-order valence-corrected chi connectivity index (χ0v) is 11.1. The highest BCUT2D eigenvalue weighted by atomic mass is 19.1. The van der Waals surface area contributed by atoms with Crippen LogP contribution in [0.4, 0.5) is 10.2 Å². The quantitative estimate of drug-likeness (QED) is 0.855. The molecule has 0 aliphatic carbocycles. The molecular formula is C14H15FN4. The number of nitrogens with two attached hydrogens (primary N) is 1. The van der Waals surface area contributed by atoms with E-state index < -0.39 is 5.82 Å². The summed E-state index contributed by atoms with van der Waals surface area (Å²) in [5.41, 5.74) is 7.19. The third kappa shape index (κ3) is 2.43. The fourth-order valence-corrected chi connectivity index (χ4v) is 1.70. The molecule has 1 heterocycles. The Morgan fingerprint density at radius 3 is 2.53 bits per heavy atom. The second kappa shape index (κ2) is 4.39. The van der Waals surface area contributed by atoms with Gasteiger partial charge in [0.15, 0.2) is 0 Å². The molecule has 19 heavy (non-hydrogen) atoms. The third-order valence-electron chi connectivity index (χ3n) is 2.82. The smallest absolute Gasteiger partial charge is 0.141 e. The molecule has 0 saturated carbocycles. The molecule has 0 aliphatic rings. The first-order valence-corrected chi connectivity index (χ1v) is 5.89. The number of rotatable bonds is 1. The fraction of sp³-hybridized carbons (Fsp3) is 0.286. The van der Waals surface area contributed by atoms with E-state index >= 15 is 0 Å². The van der Waals surface area contributed by atoms with Crippen molar-refractivity contribution in [3.8, 4) is 11.8 Å². The molecular weight excluding hydrogens is 243 g/mol. The first-order chi connectivity index (χ1) is 8.82. The van der Waals surface area contributed by atoms with Crippen LogP contribution in [0.2, 0.25) is 0 Å². The van der Waals surface area contributed by atoms with Gasteiger partial charge in [-0.05, 0) is 18.2 Å². The number of nitrogen functional groups attached to an aromatic ring is 1. The van der Waals surface area contributed by atoms with Gasteiger partial charge in [-0.1, -0.05) is 20.8 Å². The Bertz CT molecular complexity index is 659. The molecule has 98 valence electrons. The summed E-state index contributed by atoms with van der Waals surface area (Å²) in [7, 11) is 0. The van der Waals surface area contributed by atoms with Crippen LogP contribution in [0.1, 0.15) is 32.0 Å². The minimum atomic E-state index is -0.548. The summed E-state index contributed by atoms with van der Waals surface area (Å²) in [6.45, 7) is 6.10. The van der Waals surface area contributed by atoms with E-state index in [0.717, 1.165) is 5.69 Å². The van der Waals surface area contributed by atoms with Crippen molar-refractivity contribution in [2.45, 2.75) is 26.2 Å². The van der Waals surface area contributed by atoms with Gasteiger partial charge < -0.3 is 5.73 Å². The molecule has 2 aromatic rings. The minimum absolute atomic E-state index is 0.0234. The van der Waals surface area contributed by atoms with Crippen LogP contribution in [0.5, 0.6) is 0 Å². The summed E-state index contributed by atoms with van der Waals surface area (Å²) >= 11 is 0. The first kappa shape index (κ1) is 13.1. The van der Waals surface area contributed by atoms with E-state index in [1.165, 1.54) is 16.8 Å². The number of aromatic nitrogens is 2. The van der Waals surface area contributed by atoms with E-state index in [4.69, 9.17) is 11.0 Å². The van der Waals surface area contributed by atoms with E-state index in [9.17, 15) is 4.39 Å². The summed E-state index contributed by atoms with van der Waals surface area (Å²) in [4.78, 5) is 0. The zero-order chi connectivity index (χ0) is 14.2. The number of benzene rings is 1. The van der Waals surface area contributed by atoms with Crippen molar-refractivity contribution in [3.05, 3.63) is 41.3 Å². The molecule has 0 fully saturated rings. The number of nitriles is 1. The molecule has 0 bridgehead atoms. The fourth-order valence-electron chi connectivity index (χ4n) is 1.70. The molecule has 0 amide bonds. The summed E-state index contributed by atoms with van der Waals surface area (Å²) in [5.74, 6) is -0.0894. The Hall–Kier alpha value is -2.35. The van der Waals surface area contributed by atoms with Crippen LogP contribution in [0.15, 0.2) is 24.3 Å². The van der Waals surface area contributed by atoms with Crippen LogP contribution in [-0.2, 0) is 5.41 Å². The molecule has 5 heteroatoms. The Balaban J connectivity index is 2.54. The average Bonchev–Trinajstić information content (AvgIpc) is 2.72. The number of nitrogens with zero attached hydrogens (tertiary/aromatic N) is 3. The molecule has 2 N–H and O–H groups in total. The number of anilines is 1. The predicted molar refractivity (Wildman–Crippen MR) is 71.3 cm³/mol. The molecule has 1 aromatic heterocycles. The van der Waals surface area contributed by atoms with Gasteiger partial charge in [0.2, 0.25) is 0 Å². The lowest BCUT2D eigenvalue weighted by atomic mass is 9.92. The maximum absolute atomic E-state index is 13.3. The standard InChI is InChI=1S/C14H15FN4/c1-14(2,3)12-7-13(17)19(18-12)10-4-5-11(15)9(6-10)8-16/h4-7H,17H2,1-3H3. The van der Waals surface area contributed by atoms with E-state index in [1.807, 2.05) is 20.8 Å². The van der Waals surface area contributed by atoms with Crippen LogP contribution < -0.4 is 5.73 Å². The van der Waals surface area contributed by atoms with Crippen molar-refractivity contribution in [3.63, 3.8) is 0 Å². The number of halogens is 1. The van der Waals surface area contributed by atoms with Gasteiger partial charge in [-0.25, -0.2) is 9.07 Å². The molecule has 1 aromatic carbocycles. The Kier molecular flexibility index (Phi) is 3.03. The van der Waals surface area contributed by atoms with E-state index in [1.54, 1.807) is 18.2 Å². The molecule has 0 atom stereocenters. The maximum Gasteiger partial charge on any atom is 0.141 e. The number of hydrogen-bond donors (Lipinski definition) is 1. The van der Waals surface area contributed by atoms with Crippen molar-refractivity contribution < 1.29 is 4.39 Å². The molecule has 4 nitrogen and oxygen atoms in total. The van der Waals surface area contributed by atoms with Crippen LogP contribution in [0.25, 0.3) is 5.69 Å². The third-order valence-corrected chi connectivity index (χ3v) is 2.82. The summed E-state index contributed by atoms with van der Waals surface area (Å²) in [5, 5.41) is 13.3. The molecule has 2 rings (SSSR count). The van der Waals surface area contributed by atoms with E-state index in [-0.39, 0.29) is 11.0 Å². The first-order valence-electron chi connectivity index (χ1n) is 5.89. The Morgan fingerprint density at radius 2 is 2.00 bits per heavy atom. The lowest BCUT2D eigenvalue weighted by Crippen LogP contribution is -2.12. The van der Waals surface area contributed by atoms with Crippen LogP contribution >= 0.6 is 0 Å². The highest BCUT2D eigenvalue weighted by Gasteiger charge is 2.19. The van der Waals surface area contributed by atoms with Gasteiger partial charge in [-0.3, -0.25) is 0 Å².